The third kappa shape index (κ3) is 2.88. The van der Waals surface area contributed by atoms with Crippen LogP contribution in [-0.2, 0) is 0 Å². The first kappa shape index (κ1) is 15.2. The van der Waals surface area contributed by atoms with Crippen LogP contribution in [0.4, 0.5) is 0 Å². The molecule has 0 radical (unpaired) electrons. The Bertz CT molecular complexity index is 986. The smallest absolute Gasteiger partial charge is 0.148 e. The lowest BCUT2D eigenvalue weighted by molar-refractivity contribution is 1.26. The number of nitrogens with zero attached hydrogens (tertiary/aromatic N) is 1. The van der Waals surface area contributed by atoms with Gasteiger partial charge < -0.3 is 4.98 Å². The third-order valence-corrected chi connectivity index (χ3v) is 5.26. The Morgan fingerprint density at radius 2 is 1.62 bits per heavy atom. The van der Waals surface area contributed by atoms with Crippen LogP contribution in [0.15, 0.2) is 66.7 Å². The quantitative estimate of drug-likeness (QED) is 0.453. The number of aromatic amines is 1. The van der Waals surface area contributed by atoms with Crippen molar-refractivity contribution in [2.45, 2.75) is 6.92 Å². The number of hydrogen-bond donors (Lipinski definition) is 1. The van der Waals surface area contributed by atoms with E-state index in [0.29, 0.717) is 0 Å². The average Bonchev–Trinajstić information content (AvgIpc) is 3.22. The predicted molar refractivity (Wildman–Crippen MR) is 103 cm³/mol. The Kier molecular flexibility index (Phi) is 3.97. The minimum Gasteiger partial charge on any atom is -0.341 e. The lowest BCUT2D eigenvalue weighted by Gasteiger charge is -1.97. The minimum atomic E-state index is 0.752. The number of rotatable bonds is 3. The number of nitrogens with one attached hydrogen (secondary N) is 1. The first-order valence-corrected chi connectivity index (χ1v) is 8.88. The maximum Gasteiger partial charge on any atom is 0.148 e. The van der Waals surface area contributed by atoms with Gasteiger partial charge in [-0.15, -0.1) is 11.3 Å². The molecule has 118 valence electrons. The van der Waals surface area contributed by atoms with Crippen LogP contribution in [0.1, 0.15) is 5.69 Å². The van der Waals surface area contributed by atoms with Crippen molar-refractivity contribution in [3.63, 3.8) is 0 Å². The number of H-pyrrole nitrogens is 1. The molecule has 0 aliphatic rings. The molecule has 2 nitrogen and oxygen atoms in total. The second-order valence-corrected chi connectivity index (χ2v) is 7.12. The highest BCUT2D eigenvalue weighted by molar-refractivity contribution is 7.18. The van der Waals surface area contributed by atoms with Crippen LogP contribution in [0.3, 0.4) is 0 Å². The summed E-state index contributed by atoms with van der Waals surface area (Å²) in [7, 11) is 0. The Balaban J connectivity index is 1.71. The summed E-state index contributed by atoms with van der Waals surface area (Å²) in [5, 5.41) is 0.752. The number of aromatic nitrogens is 2. The van der Waals surface area contributed by atoms with E-state index >= 15 is 0 Å². The summed E-state index contributed by atoms with van der Waals surface area (Å²) in [6, 6.07) is 22.4. The molecular weight excluding hydrogens is 336 g/mol. The molecule has 0 fully saturated rings. The average molecular weight is 351 g/mol. The van der Waals surface area contributed by atoms with Gasteiger partial charge in [0.2, 0.25) is 0 Å². The van der Waals surface area contributed by atoms with E-state index < -0.39 is 0 Å². The standard InChI is InChI=1S/C20H15ClN2S/c1-13-19(14-6-3-2-4-7-14)23-20(22-13)18-11-10-17(24-18)15-8-5-9-16(21)12-15/h2-12H,1H3,(H,22,23). The SMILES string of the molecule is Cc1[nH]c(-c2ccc(-c3cccc(Cl)c3)s2)nc1-c1ccccc1. The van der Waals surface area contributed by atoms with Crippen molar-refractivity contribution in [2.75, 3.05) is 0 Å². The molecule has 0 spiro atoms. The van der Waals surface area contributed by atoms with Crippen molar-refractivity contribution in [1.29, 1.82) is 0 Å². The molecule has 0 saturated carbocycles. The maximum absolute atomic E-state index is 6.10. The second kappa shape index (κ2) is 6.27. The van der Waals surface area contributed by atoms with E-state index in [1.807, 2.05) is 36.4 Å². The highest BCUT2D eigenvalue weighted by Crippen LogP contribution is 2.35. The fourth-order valence-corrected chi connectivity index (χ4v) is 3.85. The summed E-state index contributed by atoms with van der Waals surface area (Å²) in [6.45, 7) is 2.06. The molecule has 0 aliphatic carbocycles. The molecule has 4 heteroatoms. The van der Waals surface area contributed by atoms with Crippen LogP contribution in [-0.4, -0.2) is 9.97 Å². The van der Waals surface area contributed by atoms with Gasteiger partial charge in [0.1, 0.15) is 5.82 Å². The number of halogens is 1. The number of aryl methyl sites for hydroxylation is 1. The van der Waals surface area contributed by atoms with Crippen molar-refractivity contribution in [2.24, 2.45) is 0 Å². The van der Waals surface area contributed by atoms with E-state index in [-0.39, 0.29) is 0 Å². The first-order valence-electron chi connectivity index (χ1n) is 7.69. The summed E-state index contributed by atoms with van der Waals surface area (Å²) in [4.78, 5) is 10.5. The largest absolute Gasteiger partial charge is 0.341 e. The van der Waals surface area contributed by atoms with E-state index in [0.717, 1.165) is 38.2 Å². The molecule has 0 aliphatic heterocycles. The maximum atomic E-state index is 6.10. The molecule has 0 atom stereocenters. The zero-order chi connectivity index (χ0) is 16.5. The summed E-state index contributed by atoms with van der Waals surface area (Å²) >= 11 is 7.81. The van der Waals surface area contributed by atoms with Crippen LogP contribution in [0.5, 0.6) is 0 Å². The van der Waals surface area contributed by atoms with Gasteiger partial charge in [-0.25, -0.2) is 4.98 Å². The van der Waals surface area contributed by atoms with E-state index in [1.165, 1.54) is 4.88 Å². The Morgan fingerprint density at radius 1 is 0.875 bits per heavy atom. The molecule has 2 aromatic heterocycles. The van der Waals surface area contributed by atoms with E-state index in [1.54, 1.807) is 11.3 Å². The molecule has 2 aromatic carbocycles. The summed E-state index contributed by atoms with van der Waals surface area (Å²) in [6.07, 6.45) is 0. The van der Waals surface area contributed by atoms with Gasteiger partial charge in [0, 0.05) is 21.2 Å². The molecule has 1 N–H and O–H groups in total. The third-order valence-electron chi connectivity index (χ3n) is 3.88. The van der Waals surface area contributed by atoms with Gasteiger partial charge in [0.25, 0.3) is 0 Å². The van der Waals surface area contributed by atoms with E-state index in [4.69, 9.17) is 16.6 Å². The molecule has 4 aromatic rings. The van der Waals surface area contributed by atoms with Gasteiger partial charge in [0.15, 0.2) is 0 Å². The molecule has 0 amide bonds. The summed E-state index contributed by atoms with van der Waals surface area (Å²) in [5.74, 6) is 0.907. The summed E-state index contributed by atoms with van der Waals surface area (Å²) < 4.78 is 0. The molecular formula is C20H15ClN2S. The van der Waals surface area contributed by atoms with Crippen molar-refractivity contribution >= 4 is 22.9 Å². The van der Waals surface area contributed by atoms with Gasteiger partial charge in [-0.1, -0.05) is 54.1 Å². The van der Waals surface area contributed by atoms with Crippen molar-refractivity contribution in [3.05, 3.63) is 77.4 Å². The lowest BCUT2D eigenvalue weighted by atomic mass is 10.1. The predicted octanol–water partition coefficient (Wildman–Crippen LogP) is 6.43. The van der Waals surface area contributed by atoms with Crippen LogP contribution in [0.25, 0.3) is 32.4 Å². The van der Waals surface area contributed by atoms with E-state index in [9.17, 15) is 0 Å². The van der Waals surface area contributed by atoms with E-state index in [2.05, 4.69) is 42.2 Å². The Hall–Kier alpha value is -2.36. The van der Waals surface area contributed by atoms with Gasteiger partial charge in [-0.3, -0.25) is 0 Å². The zero-order valence-corrected chi connectivity index (χ0v) is 14.7. The molecule has 0 saturated heterocycles. The normalized spacial score (nSPS) is 10.9. The minimum absolute atomic E-state index is 0.752. The van der Waals surface area contributed by atoms with Gasteiger partial charge in [-0.2, -0.15) is 0 Å². The van der Waals surface area contributed by atoms with Gasteiger partial charge in [-0.05, 0) is 36.8 Å². The zero-order valence-electron chi connectivity index (χ0n) is 13.1. The topological polar surface area (TPSA) is 28.7 Å². The van der Waals surface area contributed by atoms with Crippen molar-refractivity contribution < 1.29 is 0 Å². The van der Waals surface area contributed by atoms with Gasteiger partial charge >= 0.3 is 0 Å². The molecule has 24 heavy (non-hydrogen) atoms. The first-order chi connectivity index (χ1) is 11.7. The summed E-state index contributed by atoms with van der Waals surface area (Å²) in [5.41, 5.74) is 4.34. The lowest BCUT2D eigenvalue weighted by Crippen LogP contribution is -1.79. The van der Waals surface area contributed by atoms with Crippen molar-refractivity contribution in [1.82, 2.24) is 9.97 Å². The van der Waals surface area contributed by atoms with Crippen LogP contribution < -0.4 is 0 Å². The van der Waals surface area contributed by atoms with Gasteiger partial charge in [0.05, 0.1) is 10.6 Å². The van der Waals surface area contributed by atoms with Crippen LogP contribution >= 0.6 is 22.9 Å². The van der Waals surface area contributed by atoms with Crippen molar-refractivity contribution in [3.8, 4) is 32.4 Å². The fourth-order valence-electron chi connectivity index (χ4n) is 2.72. The molecule has 0 unspecified atom stereocenters. The molecule has 2 heterocycles. The number of benzene rings is 2. The van der Waals surface area contributed by atoms with Crippen LogP contribution in [0, 0.1) is 6.92 Å². The number of thiophene rings is 1. The highest BCUT2D eigenvalue weighted by atomic mass is 35.5. The Labute approximate surface area is 149 Å². The Morgan fingerprint density at radius 3 is 2.42 bits per heavy atom. The highest BCUT2D eigenvalue weighted by Gasteiger charge is 2.12. The second-order valence-electron chi connectivity index (χ2n) is 5.60. The number of hydrogen-bond acceptors (Lipinski definition) is 2. The van der Waals surface area contributed by atoms with Crippen LogP contribution in [0.2, 0.25) is 5.02 Å². The molecule has 4 rings (SSSR count). The monoisotopic (exact) mass is 350 g/mol. The number of imidazole rings is 1. The molecule has 0 bridgehead atoms. The fraction of sp³-hybridized carbons (Fsp3) is 0.0500.